The number of carbonyl (C=O) groups is 1. The minimum atomic E-state index is 0.289. The number of hydrogen-bond donors (Lipinski definition) is 1. The Morgan fingerprint density at radius 2 is 2.26 bits per heavy atom. The Morgan fingerprint density at radius 3 is 3.00 bits per heavy atom. The number of nitrogens with zero attached hydrogens (tertiary/aromatic N) is 2. The van der Waals surface area contributed by atoms with E-state index in [4.69, 9.17) is 0 Å². The molecule has 1 saturated heterocycles. The fraction of sp³-hybridized carbons (Fsp3) is 0.600. The first-order chi connectivity index (χ1) is 9.29. The average molecular weight is 261 g/mol. The molecule has 4 nitrogen and oxygen atoms in total. The van der Waals surface area contributed by atoms with Crippen LogP contribution in [0.5, 0.6) is 0 Å². The maximum atomic E-state index is 12.2. The molecule has 2 rings (SSSR count). The van der Waals surface area contributed by atoms with Gasteiger partial charge in [0.15, 0.2) is 0 Å². The van der Waals surface area contributed by atoms with E-state index in [1.807, 2.05) is 24.1 Å². The normalized spacial score (nSPS) is 19.4. The highest BCUT2D eigenvalue weighted by molar-refractivity contribution is 5.76. The molecule has 0 bridgehead atoms. The van der Waals surface area contributed by atoms with Gasteiger partial charge in [-0.05, 0) is 56.5 Å². The van der Waals surface area contributed by atoms with Crippen molar-refractivity contribution in [3.05, 3.63) is 30.1 Å². The number of amides is 1. The maximum absolute atomic E-state index is 12.2. The van der Waals surface area contributed by atoms with E-state index in [-0.39, 0.29) is 5.91 Å². The summed E-state index contributed by atoms with van der Waals surface area (Å²) in [5, 5.41) is 3.21. The molecule has 1 aliphatic heterocycles. The van der Waals surface area contributed by atoms with Crippen molar-refractivity contribution < 1.29 is 4.79 Å². The predicted molar refractivity (Wildman–Crippen MR) is 75.8 cm³/mol. The number of aryl methyl sites for hydroxylation is 1. The highest BCUT2D eigenvalue weighted by Crippen LogP contribution is 2.17. The van der Waals surface area contributed by atoms with Gasteiger partial charge in [-0.1, -0.05) is 0 Å². The van der Waals surface area contributed by atoms with Crippen molar-refractivity contribution in [2.24, 2.45) is 5.92 Å². The summed E-state index contributed by atoms with van der Waals surface area (Å²) in [5.41, 5.74) is 1.19. The topological polar surface area (TPSA) is 45.2 Å². The Bertz CT molecular complexity index is 392. The monoisotopic (exact) mass is 261 g/mol. The molecule has 1 amide bonds. The number of likely N-dealkylation sites (tertiary alicyclic amines) is 1. The van der Waals surface area contributed by atoms with E-state index in [9.17, 15) is 4.79 Å². The molecule has 1 aromatic rings. The molecule has 4 heteroatoms. The number of aromatic nitrogens is 1. The van der Waals surface area contributed by atoms with Gasteiger partial charge in [-0.15, -0.1) is 0 Å². The Morgan fingerprint density at radius 1 is 1.47 bits per heavy atom. The standard InChI is InChI=1S/C15H23N3O/c1-16-11-14-3-2-10-18(12-14)15(19)5-4-13-6-8-17-9-7-13/h6-9,14,16H,2-5,10-12H2,1H3. The SMILES string of the molecule is CNCC1CCCN(C(=O)CCc2ccncc2)C1. The van der Waals surface area contributed by atoms with Gasteiger partial charge < -0.3 is 10.2 Å². The fourth-order valence-electron chi connectivity index (χ4n) is 2.71. The third-order valence-corrected chi connectivity index (χ3v) is 3.74. The molecule has 0 saturated carbocycles. The Kier molecular flexibility index (Phi) is 5.33. The molecule has 0 aliphatic carbocycles. The van der Waals surface area contributed by atoms with Crippen molar-refractivity contribution in [2.45, 2.75) is 25.7 Å². The number of hydrogen-bond acceptors (Lipinski definition) is 3. The summed E-state index contributed by atoms with van der Waals surface area (Å²) in [6.07, 6.45) is 7.35. The zero-order valence-electron chi connectivity index (χ0n) is 11.6. The maximum Gasteiger partial charge on any atom is 0.222 e. The van der Waals surface area contributed by atoms with Gasteiger partial charge in [0, 0.05) is 31.9 Å². The molecular formula is C15H23N3O. The van der Waals surface area contributed by atoms with Gasteiger partial charge in [0.05, 0.1) is 0 Å². The van der Waals surface area contributed by atoms with Crippen LogP contribution in [0.25, 0.3) is 0 Å². The van der Waals surface area contributed by atoms with Gasteiger partial charge in [-0.25, -0.2) is 0 Å². The van der Waals surface area contributed by atoms with Crippen molar-refractivity contribution in [3.8, 4) is 0 Å². The van der Waals surface area contributed by atoms with Crippen LogP contribution in [0.2, 0.25) is 0 Å². The van der Waals surface area contributed by atoms with E-state index >= 15 is 0 Å². The van der Waals surface area contributed by atoms with Crippen molar-refractivity contribution in [3.63, 3.8) is 0 Å². The molecule has 19 heavy (non-hydrogen) atoms. The predicted octanol–water partition coefficient (Wildman–Crippen LogP) is 1.47. The molecule has 0 radical (unpaired) electrons. The minimum absolute atomic E-state index is 0.289. The Hall–Kier alpha value is -1.42. The highest BCUT2D eigenvalue weighted by Gasteiger charge is 2.22. The Balaban J connectivity index is 1.79. The van der Waals surface area contributed by atoms with Crippen LogP contribution in [0, 0.1) is 5.92 Å². The smallest absolute Gasteiger partial charge is 0.222 e. The molecule has 0 spiro atoms. The van der Waals surface area contributed by atoms with E-state index in [1.165, 1.54) is 12.0 Å². The van der Waals surface area contributed by atoms with E-state index < -0.39 is 0 Å². The van der Waals surface area contributed by atoms with Crippen LogP contribution in [0.3, 0.4) is 0 Å². The molecule has 1 aliphatic rings. The second kappa shape index (κ2) is 7.24. The van der Waals surface area contributed by atoms with Crippen LogP contribution < -0.4 is 5.32 Å². The van der Waals surface area contributed by atoms with Gasteiger partial charge in [-0.2, -0.15) is 0 Å². The first kappa shape index (κ1) is 14.0. The summed E-state index contributed by atoms with van der Waals surface area (Å²) in [6, 6.07) is 3.96. The quantitative estimate of drug-likeness (QED) is 0.873. The average Bonchev–Trinajstić information content (AvgIpc) is 2.46. The fourth-order valence-corrected chi connectivity index (χ4v) is 2.71. The van der Waals surface area contributed by atoms with Crippen molar-refractivity contribution in [1.29, 1.82) is 0 Å². The minimum Gasteiger partial charge on any atom is -0.342 e. The largest absolute Gasteiger partial charge is 0.342 e. The summed E-state index contributed by atoms with van der Waals surface area (Å²) in [5.74, 6) is 0.904. The van der Waals surface area contributed by atoms with E-state index in [0.717, 1.165) is 32.5 Å². The second-order valence-electron chi connectivity index (χ2n) is 5.26. The summed E-state index contributed by atoms with van der Waals surface area (Å²) in [6.45, 7) is 2.85. The first-order valence-electron chi connectivity index (χ1n) is 7.11. The lowest BCUT2D eigenvalue weighted by atomic mass is 9.97. The third-order valence-electron chi connectivity index (χ3n) is 3.74. The Labute approximate surface area is 115 Å². The van der Waals surface area contributed by atoms with Crippen LogP contribution >= 0.6 is 0 Å². The molecule has 1 aromatic heterocycles. The number of nitrogens with one attached hydrogen (secondary N) is 1. The lowest BCUT2D eigenvalue weighted by Gasteiger charge is -2.32. The van der Waals surface area contributed by atoms with Crippen LogP contribution in [-0.2, 0) is 11.2 Å². The van der Waals surface area contributed by atoms with Gasteiger partial charge in [0.2, 0.25) is 5.91 Å². The van der Waals surface area contributed by atoms with Gasteiger partial charge in [-0.3, -0.25) is 9.78 Å². The van der Waals surface area contributed by atoms with Gasteiger partial charge in [0.25, 0.3) is 0 Å². The number of carbonyl (C=O) groups excluding carboxylic acids is 1. The lowest BCUT2D eigenvalue weighted by molar-refractivity contribution is -0.132. The van der Waals surface area contributed by atoms with Crippen molar-refractivity contribution >= 4 is 5.91 Å². The number of rotatable bonds is 5. The van der Waals surface area contributed by atoms with Gasteiger partial charge in [0.1, 0.15) is 0 Å². The number of piperidine rings is 1. The summed E-state index contributed by atoms with van der Waals surface area (Å²) >= 11 is 0. The lowest BCUT2D eigenvalue weighted by Crippen LogP contribution is -2.42. The summed E-state index contributed by atoms with van der Waals surface area (Å²) in [4.78, 5) is 18.2. The van der Waals surface area contributed by atoms with Crippen molar-refractivity contribution in [1.82, 2.24) is 15.2 Å². The first-order valence-corrected chi connectivity index (χ1v) is 7.11. The molecule has 1 unspecified atom stereocenters. The highest BCUT2D eigenvalue weighted by atomic mass is 16.2. The molecule has 1 fully saturated rings. The zero-order valence-corrected chi connectivity index (χ0v) is 11.6. The second-order valence-corrected chi connectivity index (χ2v) is 5.26. The third kappa shape index (κ3) is 4.31. The van der Waals surface area contributed by atoms with E-state index in [2.05, 4.69) is 10.3 Å². The van der Waals surface area contributed by atoms with E-state index in [0.29, 0.717) is 12.3 Å². The zero-order chi connectivity index (χ0) is 13.5. The molecular weight excluding hydrogens is 238 g/mol. The van der Waals surface area contributed by atoms with Gasteiger partial charge >= 0.3 is 0 Å². The molecule has 104 valence electrons. The molecule has 1 atom stereocenters. The van der Waals surface area contributed by atoms with E-state index in [1.54, 1.807) is 12.4 Å². The molecule has 0 aromatic carbocycles. The molecule has 2 heterocycles. The van der Waals surface area contributed by atoms with Crippen LogP contribution in [0.1, 0.15) is 24.8 Å². The van der Waals surface area contributed by atoms with Crippen molar-refractivity contribution in [2.75, 3.05) is 26.7 Å². The number of pyridine rings is 1. The molecule has 1 N–H and O–H groups in total. The summed E-state index contributed by atoms with van der Waals surface area (Å²) < 4.78 is 0. The van der Waals surface area contributed by atoms with Crippen LogP contribution in [-0.4, -0.2) is 42.5 Å². The van der Waals surface area contributed by atoms with Crippen LogP contribution in [0.4, 0.5) is 0 Å². The summed E-state index contributed by atoms with van der Waals surface area (Å²) in [7, 11) is 1.98. The van der Waals surface area contributed by atoms with Crippen LogP contribution in [0.15, 0.2) is 24.5 Å².